The van der Waals surface area contributed by atoms with Gasteiger partial charge >= 0.3 is 5.69 Å². The van der Waals surface area contributed by atoms with E-state index >= 15 is 0 Å². The number of likely N-dealkylation sites (tertiary alicyclic amines) is 1. The largest absolute Gasteiger partial charge is 0.343 e. The highest BCUT2D eigenvalue weighted by Gasteiger charge is 2.28. The van der Waals surface area contributed by atoms with Gasteiger partial charge in [0.15, 0.2) is 0 Å². The van der Waals surface area contributed by atoms with Gasteiger partial charge in [-0.05, 0) is 31.9 Å². The Kier molecular flexibility index (Phi) is 4.79. The third kappa shape index (κ3) is 3.51. The molecule has 0 saturated carbocycles. The van der Waals surface area contributed by atoms with Crippen molar-refractivity contribution in [3.63, 3.8) is 0 Å². The molecule has 3 heterocycles. The van der Waals surface area contributed by atoms with E-state index in [1.54, 1.807) is 4.57 Å². The molecule has 0 spiro atoms. The first-order valence-electron chi connectivity index (χ1n) is 9.52. The van der Waals surface area contributed by atoms with Crippen LogP contribution < -0.4 is 5.69 Å². The number of aromatic nitrogens is 5. The Morgan fingerprint density at radius 1 is 1.33 bits per heavy atom. The predicted octanol–water partition coefficient (Wildman–Crippen LogP) is 1.81. The van der Waals surface area contributed by atoms with Gasteiger partial charge in [0, 0.05) is 38.4 Å². The number of nitrogens with one attached hydrogen (secondary N) is 2. The third-order valence-electron chi connectivity index (χ3n) is 5.26. The summed E-state index contributed by atoms with van der Waals surface area (Å²) >= 11 is 0. The Morgan fingerprint density at radius 2 is 2.19 bits per heavy atom. The minimum absolute atomic E-state index is 0.104. The fourth-order valence-corrected chi connectivity index (χ4v) is 3.87. The molecule has 1 saturated heterocycles. The fraction of sp³-hybridized carbons (Fsp3) is 0.474. The van der Waals surface area contributed by atoms with E-state index in [0.717, 1.165) is 42.1 Å². The molecular formula is C19H24N6O2. The van der Waals surface area contributed by atoms with Crippen LogP contribution in [0.4, 0.5) is 0 Å². The van der Waals surface area contributed by atoms with Crippen molar-refractivity contribution in [2.45, 2.75) is 45.1 Å². The van der Waals surface area contributed by atoms with E-state index in [1.165, 1.54) is 0 Å². The summed E-state index contributed by atoms with van der Waals surface area (Å²) in [5.41, 5.74) is 1.74. The highest BCUT2D eigenvalue weighted by Crippen LogP contribution is 2.25. The van der Waals surface area contributed by atoms with Gasteiger partial charge in [0.25, 0.3) is 0 Å². The number of rotatable bonds is 5. The quantitative estimate of drug-likeness (QED) is 0.717. The van der Waals surface area contributed by atoms with Crippen LogP contribution in [0.3, 0.4) is 0 Å². The van der Waals surface area contributed by atoms with Crippen molar-refractivity contribution in [3.05, 3.63) is 46.4 Å². The number of aromatic amines is 2. The van der Waals surface area contributed by atoms with Gasteiger partial charge in [-0.25, -0.2) is 14.9 Å². The van der Waals surface area contributed by atoms with Crippen molar-refractivity contribution in [2.24, 2.45) is 0 Å². The number of imidazole rings is 1. The number of carbonyl (C=O) groups excluding carboxylic acids is 1. The van der Waals surface area contributed by atoms with Crippen LogP contribution in [0.25, 0.3) is 11.0 Å². The van der Waals surface area contributed by atoms with Crippen LogP contribution in [0, 0.1) is 0 Å². The van der Waals surface area contributed by atoms with E-state index in [1.807, 2.05) is 36.1 Å². The molecule has 0 radical (unpaired) electrons. The van der Waals surface area contributed by atoms with Crippen LogP contribution in [0.2, 0.25) is 0 Å². The molecular weight excluding hydrogens is 344 g/mol. The Morgan fingerprint density at radius 3 is 3.00 bits per heavy atom. The molecule has 0 bridgehead atoms. The van der Waals surface area contributed by atoms with Gasteiger partial charge < -0.3 is 9.88 Å². The summed E-state index contributed by atoms with van der Waals surface area (Å²) in [7, 11) is 0. The highest BCUT2D eigenvalue weighted by atomic mass is 16.2. The Balaban J connectivity index is 1.40. The number of aryl methyl sites for hydroxylation is 1. The predicted molar refractivity (Wildman–Crippen MR) is 101 cm³/mol. The van der Waals surface area contributed by atoms with Gasteiger partial charge in [0.1, 0.15) is 11.6 Å². The van der Waals surface area contributed by atoms with Gasteiger partial charge in [-0.2, -0.15) is 5.10 Å². The van der Waals surface area contributed by atoms with Gasteiger partial charge in [-0.15, -0.1) is 0 Å². The summed E-state index contributed by atoms with van der Waals surface area (Å²) in [6, 6.07) is 7.87. The van der Waals surface area contributed by atoms with Gasteiger partial charge in [-0.1, -0.05) is 12.1 Å². The van der Waals surface area contributed by atoms with Crippen LogP contribution >= 0.6 is 0 Å². The zero-order valence-corrected chi connectivity index (χ0v) is 15.4. The first-order valence-corrected chi connectivity index (χ1v) is 9.52. The molecule has 1 unspecified atom stereocenters. The normalized spacial score (nSPS) is 17.5. The summed E-state index contributed by atoms with van der Waals surface area (Å²) in [5.74, 6) is 1.83. The van der Waals surface area contributed by atoms with Crippen LogP contribution in [-0.4, -0.2) is 48.6 Å². The number of H-pyrrole nitrogens is 2. The van der Waals surface area contributed by atoms with Crippen molar-refractivity contribution in [1.29, 1.82) is 0 Å². The number of amides is 1. The summed E-state index contributed by atoms with van der Waals surface area (Å²) < 4.78 is 1.66. The topological polar surface area (TPSA) is 99.7 Å². The second kappa shape index (κ2) is 7.38. The first kappa shape index (κ1) is 17.5. The minimum atomic E-state index is -0.180. The molecule has 142 valence electrons. The summed E-state index contributed by atoms with van der Waals surface area (Å²) in [6.07, 6.45) is 2.88. The lowest BCUT2D eigenvalue weighted by Gasteiger charge is -2.32. The zero-order valence-electron chi connectivity index (χ0n) is 15.4. The zero-order chi connectivity index (χ0) is 18.8. The molecule has 2 aromatic heterocycles. The van der Waals surface area contributed by atoms with Crippen molar-refractivity contribution in [3.8, 4) is 0 Å². The van der Waals surface area contributed by atoms with E-state index < -0.39 is 0 Å². The molecule has 1 aliphatic heterocycles. The summed E-state index contributed by atoms with van der Waals surface area (Å²) in [5, 5.41) is 6.72. The highest BCUT2D eigenvalue weighted by molar-refractivity contribution is 5.77. The summed E-state index contributed by atoms with van der Waals surface area (Å²) in [6.45, 7) is 3.89. The Hall–Kier alpha value is -2.90. The first-order chi connectivity index (χ1) is 13.2. The number of piperidine rings is 1. The van der Waals surface area contributed by atoms with Crippen LogP contribution in [0.15, 0.2) is 29.1 Å². The number of carbonyl (C=O) groups is 1. The maximum Gasteiger partial charge on any atom is 0.343 e. The van der Waals surface area contributed by atoms with E-state index in [2.05, 4.69) is 20.2 Å². The molecule has 2 N–H and O–H groups in total. The van der Waals surface area contributed by atoms with Crippen molar-refractivity contribution >= 4 is 16.9 Å². The van der Waals surface area contributed by atoms with Crippen molar-refractivity contribution in [2.75, 3.05) is 13.1 Å². The molecule has 1 fully saturated rings. The number of benzene rings is 1. The van der Waals surface area contributed by atoms with Gasteiger partial charge in [0.05, 0.1) is 11.0 Å². The number of para-hydroxylation sites is 2. The lowest BCUT2D eigenvalue weighted by atomic mass is 9.96. The van der Waals surface area contributed by atoms with Crippen LogP contribution in [-0.2, 0) is 17.8 Å². The average molecular weight is 368 g/mol. The molecule has 27 heavy (non-hydrogen) atoms. The lowest BCUT2D eigenvalue weighted by molar-refractivity contribution is -0.132. The number of hydrogen-bond acceptors (Lipinski definition) is 4. The second-order valence-electron chi connectivity index (χ2n) is 7.01. The Labute approximate surface area is 156 Å². The minimum Gasteiger partial charge on any atom is -0.342 e. The van der Waals surface area contributed by atoms with E-state index in [0.29, 0.717) is 25.9 Å². The summed E-state index contributed by atoms with van der Waals surface area (Å²) in [4.78, 5) is 34.2. The van der Waals surface area contributed by atoms with Crippen LogP contribution in [0.1, 0.15) is 43.8 Å². The van der Waals surface area contributed by atoms with Crippen molar-refractivity contribution < 1.29 is 4.79 Å². The number of hydrogen-bond donors (Lipinski definition) is 2. The van der Waals surface area contributed by atoms with Gasteiger partial charge in [0.2, 0.25) is 5.91 Å². The number of nitrogens with zero attached hydrogens (tertiary/aromatic N) is 4. The smallest absolute Gasteiger partial charge is 0.342 e. The molecule has 3 aromatic rings. The molecule has 0 aliphatic carbocycles. The molecule has 1 aromatic carbocycles. The maximum atomic E-state index is 12.7. The molecule has 1 amide bonds. The third-order valence-corrected chi connectivity index (χ3v) is 5.26. The standard InChI is InChI=1S/C19H24N6O2/c1-2-25-18(22-23-19(25)27)13-6-5-11-24(12-13)17(26)10-9-16-20-14-7-3-4-8-15(14)21-16/h3-4,7-8,13H,2,5-6,9-12H2,1H3,(H,20,21)(H,23,27). The molecule has 4 rings (SSSR count). The van der Waals surface area contributed by atoms with Gasteiger partial charge in [-0.3, -0.25) is 9.36 Å². The second-order valence-corrected chi connectivity index (χ2v) is 7.01. The molecule has 1 aliphatic rings. The Bertz CT molecular complexity index is 968. The average Bonchev–Trinajstić information content (AvgIpc) is 3.28. The lowest BCUT2D eigenvalue weighted by Crippen LogP contribution is -2.40. The molecule has 8 heteroatoms. The van der Waals surface area contributed by atoms with Crippen molar-refractivity contribution in [1.82, 2.24) is 29.6 Å². The molecule has 1 atom stereocenters. The van der Waals surface area contributed by atoms with Crippen LogP contribution in [0.5, 0.6) is 0 Å². The van der Waals surface area contributed by atoms with E-state index in [9.17, 15) is 9.59 Å². The maximum absolute atomic E-state index is 12.7. The van der Waals surface area contributed by atoms with E-state index in [-0.39, 0.29) is 17.5 Å². The monoisotopic (exact) mass is 368 g/mol. The number of fused-ring (bicyclic) bond motifs is 1. The fourth-order valence-electron chi connectivity index (χ4n) is 3.87. The molecule has 8 nitrogen and oxygen atoms in total. The van der Waals surface area contributed by atoms with E-state index in [4.69, 9.17) is 0 Å². The SMILES string of the molecule is CCn1c(C2CCCN(C(=O)CCc3nc4ccccc4[nH]3)C2)n[nH]c1=O.